The minimum Gasteiger partial charge on any atom is -0.379 e. The highest BCUT2D eigenvalue weighted by Gasteiger charge is 1.94. The van der Waals surface area contributed by atoms with Crippen molar-refractivity contribution in [1.29, 1.82) is 0 Å². The number of carbonyl (C=O) groups excluding carboxylic acids is 1. The molecule has 1 amide bonds. The normalized spacial score (nSPS) is 10.7. The number of rotatable bonds is 9. The van der Waals surface area contributed by atoms with Crippen molar-refractivity contribution in [2.45, 2.75) is 20.8 Å². The molecule has 0 fully saturated rings. The van der Waals surface area contributed by atoms with Gasteiger partial charge in [-0.2, -0.15) is 0 Å². The van der Waals surface area contributed by atoms with E-state index in [4.69, 9.17) is 14.3 Å². The summed E-state index contributed by atoms with van der Waals surface area (Å²) in [6, 6.07) is 0. The van der Waals surface area contributed by atoms with Crippen LogP contribution in [0.3, 0.4) is 0 Å². The molecule has 0 aliphatic rings. The number of hydroxylamine groups is 1. The largest absolute Gasteiger partial charge is 0.379 e. The Morgan fingerprint density at radius 1 is 1.13 bits per heavy atom. The number of amides is 1. The summed E-state index contributed by atoms with van der Waals surface area (Å²) in [4.78, 5) is 15.2. The first-order valence-electron chi connectivity index (χ1n) is 5.16. The van der Waals surface area contributed by atoms with Crippen LogP contribution in [0.1, 0.15) is 20.8 Å². The summed E-state index contributed by atoms with van der Waals surface area (Å²) < 4.78 is 10.5. The maximum atomic E-state index is 10.4. The third-order valence-electron chi connectivity index (χ3n) is 1.37. The molecule has 0 bridgehead atoms. The molecule has 90 valence electrons. The van der Waals surface area contributed by atoms with Gasteiger partial charge in [-0.05, 0) is 5.92 Å². The fourth-order valence-corrected chi connectivity index (χ4v) is 0.792. The van der Waals surface area contributed by atoms with Crippen molar-refractivity contribution in [3.05, 3.63) is 0 Å². The molecule has 15 heavy (non-hydrogen) atoms. The Balaban J connectivity index is 2.96. The van der Waals surface area contributed by atoms with Gasteiger partial charge in [-0.25, -0.2) is 5.48 Å². The lowest BCUT2D eigenvalue weighted by atomic mass is 10.2. The topological polar surface area (TPSA) is 56.8 Å². The van der Waals surface area contributed by atoms with Crippen molar-refractivity contribution in [2.75, 3.05) is 33.0 Å². The second-order valence-corrected chi connectivity index (χ2v) is 3.59. The molecule has 0 atom stereocenters. The highest BCUT2D eigenvalue weighted by atomic mass is 16.7. The lowest BCUT2D eigenvalue weighted by molar-refractivity contribution is -0.132. The fourth-order valence-electron chi connectivity index (χ4n) is 0.792. The van der Waals surface area contributed by atoms with Crippen molar-refractivity contribution in [1.82, 2.24) is 5.48 Å². The average Bonchev–Trinajstić information content (AvgIpc) is 2.14. The van der Waals surface area contributed by atoms with Gasteiger partial charge in [-0.15, -0.1) is 0 Å². The highest BCUT2D eigenvalue weighted by Crippen LogP contribution is 1.91. The van der Waals surface area contributed by atoms with Gasteiger partial charge in [0.15, 0.2) is 0 Å². The molecule has 0 aromatic heterocycles. The molecule has 1 N–H and O–H groups in total. The Kier molecular flexibility index (Phi) is 9.46. The summed E-state index contributed by atoms with van der Waals surface area (Å²) in [6.45, 7) is 8.29. The molecule has 0 aliphatic carbocycles. The van der Waals surface area contributed by atoms with Crippen LogP contribution in [-0.2, 0) is 19.1 Å². The van der Waals surface area contributed by atoms with E-state index in [1.54, 1.807) is 0 Å². The summed E-state index contributed by atoms with van der Waals surface area (Å²) in [5.74, 6) is 0.336. The van der Waals surface area contributed by atoms with Crippen LogP contribution in [0.4, 0.5) is 0 Å². The molecule has 0 spiro atoms. The van der Waals surface area contributed by atoms with Crippen LogP contribution in [0.2, 0.25) is 0 Å². The van der Waals surface area contributed by atoms with Gasteiger partial charge >= 0.3 is 0 Å². The van der Waals surface area contributed by atoms with E-state index in [0.29, 0.717) is 32.3 Å². The minimum atomic E-state index is -0.213. The second kappa shape index (κ2) is 9.89. The maximum absolute atomic E-state index is 10.4. The fraction of sp³-hybridized carbons (Fsp3) is 0.900. The SMILES string of the molecule is CC(=O)NOCCOCCOCC(C)C. The zero-order valence-electron chi connectivity index (χ0n) is 9.75. The van der Waals surface area contributed by atoms with E-state index in [1.807, 2.05) is 0 Å². The number of hydrogen-bond donors (Lipinski definition) is 1. The molecule has 5 nitrogen and oxygen atoms in total. The molecule has 0 saturated heterocycles. The summed E-state index contributed by atoms with van der Waals surface area (Å²) in [5, 5.41) is 0. The molecule has 0 radical (unpaired) electrons. The molecular weight excluding hydrogens is 198 g/mol. The van der Waals surface area contributed by atoms with Crippen LogP contribution < -0.4 is 5.48 Å². The van der Waals surface area contributed by atoms with Gasteiger partial charge in [0.05, 0.1) is 26.4 Å². The predicted octanol–water partition coefficient (Wildman–Crippen LogP) is 0.743. The van der Waals surface area contributed by atoms with Gasteiger partial charge in [0.2, 0.25) is 5.91 Å². The minimum absolute atomic E-state index is 0.213. The quantitative estimate of drug-likeness (QED) is 0.459. The van der Waals surface area contributed by atoms with Crippen LogP contribution in [0.25, 0.3) is 0 Å². The number of ether oxygens (including phenoxy) is 2. The predicted molar refractivity (Wildman–Crippen MR) is 56.2 cm³/mol. The summed E-state index contributed by atoms with van der Waals surface area (Å²) in [5.41, 5.74) is 2.21. The lowest BCUT2D eigenvalue weighted by Gasteiger charge is -2.07. The molecule has 5 heteroatoms. The van der Waals surface area contributed by atoms with E-state index in [9.17, 15) is 4.79 Å². The Hall–Kier alpha value is -0.650. The molecule has 0 aromatic carbocycles. The van der Waals surface area contributed by atoms with Gasteiger partial charge in [0.1, 0.15) is 0 Å². The monoisotopic (exact) mass is 219 g/mol. The Labute approximate surface area is 91.0 Å². The third-order valence-corrected chi connectivity index (χ3v) is 1.37. The van der Waals surface area contributed by atoms with Crippen LogP contribution in [0.15, 0.2) is 0 Å². The van der Waals surface area contributed by atoms with E-state index in [1.165, 1.54) is 6.92 Å². The average molecular weight is 219 g/mol. The molecule has 0 heterocycles. The van der Waals surface area contributed by atoms with Crippen molar-refractivity contribution in [3.8, 4) is 0 Å². The van der Waals surface area contributed by atoms with Gasteiger partial charge in [-0.1, -0.05) is 13.8 Å². The van der Waals surface area contributed by atoms with Crippen molar-refractivity contribution in [2.24, 2.45) is 5.92 Å². The molecule has 0 aliphatic heterocycles. The molecule has 0 unspecified atom stereocenters. The third kappa shape index (κ3) is 13.3. The Morgan fingerprint density at radius 3 is 2.33 bits per heavy atom. The highest BCUT2D eigenvalue weighted by molar-refractivity contribution is 5.71. The van der Waals surface area contributed by atoms with Crippen LogP contribution >= 0.6 is 0 Å². The number of hydrogen-bond acceptors (Lipinski definition) is 4. The first kappa shape index (κ1) is 14.3. The number of carbonyl (C=O) groups is 1. The summed E-state index contributed by atoms with van der Waals surface area (Å²) in [7, 11) is 0. The van der Waals surface area contributed by atoms with E-state index in [2.05, 4.69) is 19.3 Å². The second-order valence-electron chi connectivity index (χ2n) is 3.59. The van der Waals surface area contributed by atoms with Crippen LogP contribution in [0, 0.1) is 5.92 Å². The Morgan fingerprint density at radius 2 is 1.73 bits per heavy atom. The Bertz CT molecular complexity index is 162. The van der Waals surface area contributed by atoms with E-state index in [0.717, 1.165) is 6.61 Å². The van der Waals surface area contributed by atoms with Crippen molar-refractivity contribution < 1.29 is 19.1 Å². The smallest absolute Gasteiger partial charge is 0.240 e. The first-order valence-corrected chi connectivity index (χ1v) is 5.16. The van der Waals surface area contributed by atoms with Gasteiger partial charge in [0, 0.05) is 13.5 Å². The first-order chi connectivity index (χ1) is 7.13. The van der Waals surface area contributed by atoms with E-state index >= 15 is 0 Å². The van der Waals surface area contributed by atoms with Crippen molar-refractivity contribution in [3.63, 3.8) is 0 Å². The molecule has 0 rings (SSSR count). The zero-order chi connectivity index (χ0) is 11.5. The maximum Gasteiger partial charge on any atom is 0.240 e. The number of nitrogens with one attached hydrogen (secondary N) is 1. The van der Waals surface area contributed by atoms with E-state index in [-0.39, 0.29) is 5.91 Å². The molecular formula is C10H21NO4. The molecule has 0 saturated carbocycles. The van der Waals surface area contributed by atoms with E-state index < -0.39 is 0 Å². The molecule has 0 aromatic rings. The van der Waals surface area contributed by atoms with Crippen molar-refractivity contribution >= 4 is 5.91 Å². The van der Waals surface area contributed by atoms with Crippen LogP contribution in [0.5, 0.6) is 0 Å². The van der Waals surface area contributed by atoms with Gasteiger partial charge in [-0.3, -0.25) is 9.63 Å². The zero-order valence-corrected chi connectivity index (χ0v) is 9.75. The van der Waals surface area contributed by atoms with Gasteiger partial charge in [0.25, 0.3) is 0 Å². The van der Waals surface area contributed by atoms with Crippen LogP contribution in [-0.4, -0.2) is 38.9 Å². The standard InChI is InChI=1S/C10H21NO4/c1-9(2)8-14-5-4-13-6-7-15-11-10(3)12/h9H,4-8H2,1-3H3,(H,11,12). The summed E-state index contributed by atoms with van der Waals surface area (Å²) >= 11 is 0. The lowest BCUT2D eigenvalue weighted by Crippen LogP contribution is -2.23. The summed E-state index contributed by atoms with van der Waals surface area (Å²) in [6.07, 6.45) is 0. The van der Waals surface area contributed by atoms with Gasteiger partial charge < -0.3 is 9.47 Å².